The molecule has 1 aliphatic carbocycles. The second-order valence-corrected chi connectivity index (χ2v) is 11.3. The van der Waals surface area contributed by atoms with Crippen molar-refractivity contribution in [1.29, 1.82) is 0 Å². The first kappa shape index (κ1) is 23.0. The molecule has 2 aromatic rings. The van der Waals surface area contributed by atoms with Crippen LogP contribution in [-0.4, -0.2) is 5.11 Å². The number of hydrogen-bond acceptors (Lipinski definition) is 1. The van der Waals surface area contributed by atoms with Crippen LogP contribution in [0.15, 0.2) is 72.0 Å². The van der Waals surface area contributed by atoms with Gasteiger partial charge in [-0.1, -0.05) is 95.1 Å². The van der Waals surface area contributed by atoms with Gasteiger partial charge in [-0.3, -0.25) is 0 Å². The van der Waals surface area contributed by atoms with Crippen molar-refractivity contribution in [2.24, 2.45) is 16.2 Å². The summed E-state index contributed by atoms with van der Waals surface area (Å²) >= 11 is 12.3. The van der Waals surface area contributed by atoms with E-state index in [0.29, 0.717) is 15.8 Å². The van der Waals surface area contributed by atoms with Gasteiger partial charge in [0.25, 0.3) is 0 Å². The van der Waals surface area contributed by atoms with E-state index in [4.69, 9.17) is 23.2 Å². The van der Waals surface area contributed by atoms with E-state index in [0.717, 1.165) is 23.1 Å². The maximum atomic E-state index is 11.1. The highest BCUT2D eigenvalue weighted by molar-refractivity contribution is 6.30. The maximum absolute atomic E-state index is 11.1. The average Bonchev–Trinajstić information content (AvgIpc) is 2.64. The lowest BCUT2D eigenvalue weighted by Crippen LogP contribution is -2.46. The molecule has 0 aliphatic heterocycles. The summed E-state index contributed by atoms with van der Waals surface area (Å²) in [5.74, 6) is 0.280. The summed E-state index contributed by atoms with van der Waals surface area (Å²) in [4.78, 5) is 0. The minimum absolute atomic E-state index is 0.0121. The molecule has 3 rings (SSSR count). The molecule has 1 aliphatic rings. The molecule has 3 heteroatoms. The molecule has 0 aromatic heterocycles. The van der Waals surface area contributed by atoms with Gasteiger partial charge in [-0.05, 0) is 64.3 Å². The van der Waals surface area contributed by atoms with Crippen molar-refractivity contribution in [3.63, 3.8) is 0 Å². The van der Waals surface area contributed by atoms with Gasteiger partial charge >= 0.3 is 0 Å². The first-order chi connectivity index (χ1) is 13.9. The molecular formula is C27H32Cl2O. The Hall–Kier alpha value is -1.70. The molecule has 1 N–H and O–H groups in total. The molecule has 0 heterocycles. The van der Waals surface area contributed by atoms with Crippen LogP contribution < -0.4 is 0 Å². The van der Waals surface area contributed by atoms with Crippen LogP contribution in [0.3, 0.4) is 0 Å². The van der Waals surface area contributed by atoms with E-state index >= 15 is 0 Å². The fraction of sp³-hybridized carbons (Fsp3) is 0.407. The van der Waals surface area contributed by atoms with E-state index in [1.807, 2.05) is 30.3 Å². The summed E-state index contributed by atoms with van der Waals surface area (Å²) in [7, 11) is 0. The SMILES string of the molecule is CC(C)(C)C1(C(C)(C)C)C=CC(O)=C(C(c2ccc(Cl)cc2)c2ccc(Cl)cc2)C1. The number of aliphatic hydroxyl groups is 1. The predicted octanol–water partition coefficient (Wildman–Crippen LogP) is 8.98. The van der Waals surface area contributed by atoms with Gasteiger partial charge in [0.15, 0.2) is 0 Å². The third kappa shape index (κ3) is 4.20. The average molecular weight is 443 g/mol. The van der Waals surface area contributed by atoms with Crippen LogP contribution in [0.2, 0.25) is 10.0 Å². The largest absolute Gasteiger partial charge is 0.508 e. The van der Waals surface area contributed by atoms with Crippen LogP contribution in [0, 0.1) is 16.2 Å². The molecule has 0 fully saturated rings. The molecule has 1 nitrogen and oxygen atoms in total. The van der Waals surface area contributed by atoms with Gasteiger partial charge < -0.3 is 5.11 Å². The molecule has 30 heavy (non-hydrogen) atoms. The first-order valence-electron chi connectivity index (χ1n) is 10.5. The molecule has 0 spiro atoms. The smallest absolute Gasteiger partial charge is 0.115 e. The molecule has 0 unspecified atom stereocenters. The summed E-state index contributed by atoms with van der Waals surface area (Å²) in [5.41, 5.74) is 3.16. The van der Waals surface area contributed by atoms with Crippen molar-refractivity contribution in [3.05, 3.63) is 93.2 Å². The van der Waals surface area contributed by atoms with E-state index in [9.17, 15) is 5.11 Å². The summed E-state index contributed by atoms with van der Waals surface area (Å²) in [6, 6.07) is 15.9. The van der Waals surface area contributed by atoms with Crippen molar-refractivity contribution >= 4 is 23.2 Å². The number of aliphatic hydroxyl groups excluding tert-OH is 1. The summed E-state index contributed by atoms with van der Waals surface area (Å²) < 4.78 is 0. The van der Waals surface area contributed by atoms with Crippen molar-refractivity contribution in [2.75, 3.05) is 0 Å². The van der Waals surface area contributed by atoms with Crippen molar-refractivity contribution < 1.29 is 5.11 Å². The van der Waals surface area contributed by atoms with E-state index in [1.165, 1.54) is 0 Å². The summed E-state index contributed by atoms with van der Waals surface area (Å²) in [6.45, 7) is 13.8. The third-order valence-corrected chi connectivity index (χ3v) is 7.26. The lowest BCUT2D eigenvalue weighted by Gasteiger charge is -2.54. The standard InChI is InChI=1S/C27H32Cl2O/c1-25(2,3)27(26(4,5)6)16-15-23(30)22(17-27)24(18-7-11-20(28)12-8-18)19-9-13-21(29)14-10-19/h7-16,24,30H,17H2,1-6H3. The van der Waals surface area contributed by atoms with Crippen molar-refractivity contribution in [1.82, 2.24) is 0 Å². The Labute approximate surface area is 191 Å². The quantitative estimate of drug-likeness (QED) is 0.502. The monoisotopic (exact) mass is 442 g/mol. The van der Waals surface area contributed by atoms with Gasteiger partial charge in [0, 0.05) is 21.4 Å². The van der Waals surface area contributed by atoms with E-state index in [2.05, 4.69) is 71.9 Å². The van der Waals surface area contributed by atoms with Gasteiger partial charge in [-0.15, -0.1) is 0 Å². The van der Waals surface area contributed by atoms with Crippen LogP contribution in [0.5, 0.6) is 0 Å². The topological polar surface area (TPSA) is 20.2 Å². The van der Waals surface area contributed by atoms with Crippen LogP contribution >= 0.6 is 23.2 Å². The molecule has 0 amide bonds. The van der Waals surface area contributed by atoms with Crippen LogP contribution in [0.1, 0.15) is 65.0 Å². The molecule has 0 radical (unpaired) electrons. The molecule has 0 saturated heterocycles. The number of allylic oxidation sites excluding steroid dienone is 3. The van der Waals surface area contributed by atoms with Crippen LogP contribution in [-0.2, 0) is 0 Å². The Morgan fingerprint density at radius 3 is 1.53 bits per heavy atom. The highest BCUT2D eigenvalue weighted by Gasteiger charge is 2.51. The molecule has 0 saturated carbocycles. The highest BCUT2D eigenvalue weighted by Crippen LogP contribution is 2.59. The zero-order chi connectivity index (χ0) is 22.3. The predicted molar refractivity (Wildman–Crippen MR) is 130 cm³/mol. The second kappa shape index (κ2) is 8.09. The molecule has 0 bridgehead atoms. The highest BCUT2D eigenvalue weighted by atomic mass is 35.5. The van der Waals surface area contributed by atoms with Crippen LogP contribution in [0.4, 0.5) is 0 Å². The van der Waals surface area contributed by atoms with Gasteiger partial charge in [-0.2, -0.15) is 0 Å². The number of rotatable bonds is 3. The fourth-order valence-corrected chi connectivity index (χ4v) is 5.34. The minimum atomic E-state index is -0.112. The second-order valence-electron chi connectivity index (χ2n) is 10.4. The molecule has 0 atom stereocenters. The lowest BCUT2D eigenvalue weighted by atomic mass is 9.50. The van der Waals surface area contributed by atoms with Crippen molar-refractivity contribution in [2.45, 2.75) is 53.9 Å². The number of benzene rings is 2. The Morgan fingerprint density at radius 1 is 0.767 bits per heavy atom. The molecular weight excluding hydrogens is 411 g/mol. The molecule has 160 valence electrons. The van der Waals surface area contributed by atoms with Gasteiger partial charge in [0.2, 0.25) is 0 Å². The van der Waals surface area contributed by atoms with Gasteiger partial charge in [0.1, 0.15) is 5.76 Å². The summed E-state index contributed by atoms with van der Waals surface area (Å²) in [5, 5.41) is 12.5. The summed E-state index contributed by atoms with van der Waals surface area (Å²) in [6.07, 6.45) is 4.92. The van der Waals surface area contributed by atoms with Gasteiger partial charge in [0.05, 0.1) is 0 Å². The first-order valence-corrected chi connectivity index (χ1v) is 11.2. The zero-order valence-corrected chi connectivity index (χ0v) is 20.3. The van der Waals surface area contributed by atoms with Crippen molar-refractivity contribution in [3.8, 4) is 0 Å². The zero-order valence-electron chi connectivity index (χ0n) is 18.8. The Morgan fingerprint density at radius 2 is 1.17 bits per heavy atom. The minimum Gasteiger partial charge on any atom is -0.508 e. The van der Waals surface area contributed by atoms with E-state index in [-0.39, 0.29) is 22.2 Å². The number of halogens is 2. The maximum Gasteiger partial charge on any atom is 0.115 e. The lowest BCUT2D eigenvalue weighted by molar-refractivity contribution is 0.0134. The Balaban J connectivity index is 2.20. The fourth-order valence-electron chi connectivity index (χ4n) is 5.09. The van der Waals surface area contributed by atoms with E-state index < -0.39 is 0 Å². The van der Waals surface area contributed by atoms with Gasteiger partial charge in [-0.25, -0.2) is 0 Å². The Bertz CT molecular complexity index is 892. The number of hydrogen-bond donors (Lipinski definition) is 1. The molecule has 2 aromatic carbocycles. The Kier molecular flexibility index (Phi) is 6.20. The normalized spacial score (nSPS) is 17.0. The van der Waals surface area contributed by atoms with E-state index in [1.54, 1.807) is 0 Å². The van der Waals surface area contributed by atoms with Crippen LogP contribution in [0.25, 0.3) is 0 Å². The third-order valence-electron chi connectivity index (χ3n) is 6.76.